The molecule has 4 nitrogen and oxygen atoms in total. The molecule has 106 valence electrons. The Kier molecular flexibility index (Phi) is 3.81. The number of hydrogen-bond donors (Lipinski definition) is 0. The number of rotatable bonds is 3. The smallest absolute Gasteiger partial charge is 0.229 e. The van der Waals surface area contributed by atoms with Crippen LogP contribution in [-0.2, 0) is 24.2 Å². The molecule has 1 amide bonds. The van der Waals surface area contributed by atoms with Gasteiger partial charge in [0, 0.05) is 30.0 Å². The van der Waals surface area contributed by atoms with Gasteiger partial charge in [0.2, 0.25) is 11.1 Å². The summed E-state index contributed by atoms with van der Waals surface area (Å²) in [6.07, 6.45) is 1.99. The topological polar surface area (TPSA) is 46.3 Å². The number of aryl methyl sites for hydroxylation is 1. The molecule has 1 aliphatic heterocycles. The minimum atomic E-state index is 0.165. The van der Waals surface area contributed by atoms with Gasteiger partial charge in [-0.15, -0.1) is 11.3 Å². The first kappa shape index (κ1) is 13.6. The summed E-state index contributed by atoms with van der Waals surface area (Å²) in [5.41, 5.74) is 2.89. The molecule has 0 bridgehead atoms. The maximum atomic E-state index is 12.3. The molecule has 2 aromatic rings. The van der Waals surface area contributed by atoms with E-state index in [4.69, 9.17) is 16.1 Å². The Morgan fingerprint density at radius 3 is 3.20 bits per heavy atom. The zero-order valence-corrected chi connectivity index (χ0v) is 12.8. The lowest BCUT2D eigenvalue weighted by Crippen LogP contribution is -2.35. The van der Waals surface area contributed by atoms with Crippen LogP contribution in [0.4, 0.5) is 0 Å². The second kappa shape index (κ2) is 5.58. The highest BCUT2D eigenvalue weighted by atomic mass is 35.5. The van der Waals surface area contributed by atoms with Crippen molar-refractivity contribution in [3.63, 3.8) is 0 Å². The highest BCUT2D eigenvalue weighted by Gasteiger charge is 2.22. The number of carbonyl (C=O) groups is 1. The number of carbonyl (C=O) groups excluding carboxylic acids is 1. The first-order valence-corrected chi connectivity index (χ1v) is 7.84. The first-order chi connectivity index (χ1) is 9.65. The number of nitrogens with zero attached hydrogens (tertiary/aromatic N) is 2. The predicted octanol–water partition coefficient (Wildman–Crippen LogP) is 3.22. The van der Waals surface area contributed by atoms with Crippen molar-refractivity contribution in [3.05, 3.63) is 38.4 Å². The molecule has 3 heterocycles. The van der Waals surface area contributed by atoms with Gasteiger partial charge in [0.05, 0.1) is 5.69 Å². The number of amides is 1. The van der Waals surface area contributed by atoms with E-state index < -0.39 is 0 Å². The summed E-state index contributed by atoms with van der Waals surface area (Å²) in [5.74, 6) is 0.165. The summed E-state index contributed by atoms with van der Waals surface area (Å²) in [6, 6.07) is 2.11. The Morgan fingerprint density at radius 1 is 1.60 bits per heavy atom. The van der Waals surface area contributed by atoms with E-state index in [1.807, 2.05) is 11.8 Å². The van der Waals surface area contributed by atoms with Crippen molar-refractivity contribution in [1.82, 2.24) is 10.1 Å². The Hall–Kier alpha value is -1.33. The molecule has 2 aromatic heterocycles. The Bertz CT molecular complexity index is 615. The van der Waals surface area contributed by atoms with Gasteiger partial charge in [-0.1, -0.05) is 5.16 Å². The van der Waals surface area contributed by atoms with Crippen LogP contribution in [0.2, 0.25) is 5.22 Å². The Morgan fingerprint density at radius 2 is 2.45 bits per heavy atom. The van der Waals surface area contributed by atoms with Crippen LogP contribution in [-0.4, -0.2) is 22.5 Å². The van der Waals surface area contributed by atoms with Crippen molar-refractivity contribution in [2.24, 2.45) is 0 Å². The highest BCUT2D eigenvalue weighted by Crippen LogP contribution is 2.25. The minimum Gasteiger partial charge on any atom is -0.344 e. The van der Waals surface area contributed by atoms with Crippen LogP contribution >= 0.6 is 22.9 Å². The van der Waals surface area contributed by atoms with E-state index in [2.05, 4.69) is 16.6 Å². The molecule has 0 aromatic carbocycles. The quantitative estimate of drug-likeness (QED) is 0.874. The van der Waals surface area contributed by atoms with Crippen molar-refractivity contribution >= 4 is 28.8 Å². The average molecular weight is 311 g/mol. The lowest BCUT2D eigenvalue weighted by Gasteiger charge is -2.27. The largest absolute Gasteiger partial charge is 0.344 e. The van der Waals surface area contributed by atoms with Gasteiger partial charge in [0.15, 0.2) is 0 Å². The Balaban J connectivity index is 1.61. The van der Waals surface area contributed by atoms with Gasteiger partial charge in [-0.05, 0) is 48.4 Å². The summed E-state index contributed by atoms with van der Waals surface area (Å²) >= 11 is 7.69. The molecular weight excluding hydrogens is 296 g/mol. The first-order valence-electron chi connectivity index (χ1n) is 6.59. The average Bonchev–Trinajstić information content (AvgIpc) is 3.03. The van der Waals surface area contributed by atoms with Gasteiger partial charge in [0.1, 0.15) is 0 Å². The number of hydrogen-bond acceptors (Lipinski definition) is 4. The SMILES string of the molecule is Cc1noc(Cl)c1CCC(=O)N1CCc2sccc2C1. The fraction of sp³-hybridized carbons (Fsp3) is 0.429. The monoisotopic (exact) mass is 310 g/mol. The van der Waals surface area contributed by atoms with Crippen LogP contribution in [0.25, 0.3) is 0 Å². The van der Waals surface area contributed by atoms with E-state index in [0.717, 1.165) is 30.8 Å². The number of aromatic nitrogens is 1. The summed E-state index contributed by atoms with van der Waals surface area (Å²) in [7, 11) is 0. The molecule has 3 rings (SSSR count). The van der Waals surface area contributed by atoms with Gasteiger partial charge >= 0.3 is 0 Å². The van der Waals surface area contributed by atoms with Gasteiger partial charge in [0.25, 0.3) is 0 Å². The van der Waals surface area contributed by atoms with E-state index in [-0.39, 0.29) is 5.91 Å². The van der Waals surface area contributed by atoms with Crippen LogP contribution < -0.4 is 0 Å². The fourth-order valence-corrected chi connectivity index (χ4v) is 3.65. The van der Waals surface area contributed by atoms with Crippen LogP contribution in [0.15, 0.2) is 16.0 Å². The van der Waals surface area contributed by atoms with Crippen LogP contribution in [0.3, 0.4) is 0 Å². The molecule has 0 aliphatic carbocycles. The second-order valence-corrected chi connectivity index (χ2v) is 6.30. The lowest BCUT2D eigenvalue weighted by atomic mass is 10.1. The summed E-state index contributed by atoms with van der Waals surface area (Å²) in [5, 5.41) is 6.20. The van der Waals surface area contributed by atoms with E-state index in [0.29, 0.717) is 18.1 Å². The van der Waals surface area contributed by atoms with Crippen LogP contribution in [0, 0.1) is 6.92 Å². The van der Waals surface area contributed by atoms with E-state index in [1.165, 1.54) is 10.4 Å². The second-order valence-electron chi connectivity index (χ2n) is 4.95. The van der Waals surface area contributed by atoms with E-state index in [1.54, 1.807) is 11.3 Å². The summed E-state index contributed by atoms with van der Waals surface area (Å²) in [6.45, 7) is 3.38. The minimum absolute atomic E-state index is 0.165. The molecule has 20 heavy (non-hydrogen) atoms. The van der Waals surface area contributed by atoms with Gasteiger partial charge < -0.3 is 9.42 Å². The third-order valence-electron chi connectivity index (χ3n) is 3.69. The number of fused-ring (bicyclic) bond motifs is 1. The fourth-order valence-electron chi connectivity index (χ4n) is 2.49. The zero-order valence-electron chi connectivity index (χ0n) is 11.2. The van der Waals surface area contributed by atoms with Crippen LogP contribution in [0.1, 0.15) is 28.1 Å². The molecule has 0 saturated heterocycles. The zero-order chi connectivity index (χ0) is 14.1. The molecule has 0 radical (unpaired) electrons. The normalized spacial score (nSPS) is 14.4. The highest BCUT2D eigenvalue weighted by molar-refractivity contribution is 7.10. The number of thiophene rings is 1. The van der Waals surface area contributed by atoms with Crippen molar-refractivity contribution in [1.29, 1.82) is 0 Å². The van der Waals surface area contributed by atoms with Gasteiger partial charge in [-0.25, -0.2) is 0 Å². The van der Waals surface area contributed by atoms with Gasteiger partial charge in [-0.3, -0.25) is 4.79 Å². The lowest BCUT2D eigenvalue weighted by molar-refractivity contribution is -0.132. The molecular formula is C14H15ClN2O2S. The van der Waals surface area contributed by atoms with Crippen molar-refractivity contribution in [2.45, 2.75) is 32.7 Å². The maximum Gasteiger partial charge on any atom is 0.229 e. The van der Waals surface area contributed by atoms with Crippen molar-refractivity contribution in [2.75, 3.05) is 6.54 Å². The summed E-state index contributed by atoms with van der Waals surface area (Å²) < 4.78 is 4.90. The third-order valence-corrected chi connectivity index (χ3v) is 5.01. The van der Waals surface area contributed by atoms with Crippen LogP contribution in [0.5, 0.6) is 0 Å². The Labute approximate surface area is 126 Å². The molecule has 0 saturated carbocycles. The molecule has 0 spiro atoms. The van der Waals surface area contributed by atoms with E-state index >= 15 is 0 Å². The van der Waals surface area contributed by atoms with Crippen molar-refractivity contribution in [3.8, 4) is 0 Å². The molecule has 6 heteroatoms. The third kappa shape index (κ3) is 2.60. The number of halogens is 1. The molecule has 0 N–H and O–H groups in total. The molecule has 0 unspecified atom stereocenters. The summed E-state index contributed by atoms with van der Waals surface area (Å²) in [4.78, 5) is 15.6. The maximum absolute atomic E-state index is 12.3. The van der Waals surface area contributed by atoms with Gasteiger partial charge in [-0.2, -0.15) is 0 Å². The molecule has 1 aliphatic rings. The van der Waals surface area contributed by atoms with E-state index in [9.17, 15) is 4.79 Å². The molecule has 0 atom stereocenters. The predicted molar refractivity (Wildman–Crippen MR) is 78.0 cm³/mol. The molecule has 0 fully saturated rings. The van der Waals surface area contributed by atoms with Crippen molar-refractivity contribution < 1.29 is 9.32 Å². The standard InChI is InChI=1S/C14H15ClN2O2S/c1-9-11(14(15)19-16-9)2-3-13(18)17-6-4-12-10(8-17)5-7-20-12/h5,7H,2-4,6,8H2,1H3.